The van der Waals surface area contributed by atoms with Gasteiger partial charge in [0.15, 0.2) is 0 Å². The van der Waals surface area contributed by atoms with Gasteiger partial charge < -0.3 is 5.32 Å². The number of hydrogen-bond donors (Lipinski definition) is 1. The average Bonchev–Trinajstić information content (AvgIpc) is 2.68. The van der Waals surface area contributed by atoms with Gasteiger partial charge in [0.1, 0.15) is 10.8 Å². The lowest BCUT2D eigenvalue weighted by Gasteiger charge is -1.95. The zero-order valence-corrected chi connectivity index (χ0v) is 9.14. The maximum Gasteiger partial charge on any atom is 0.123 e. The molecule has 0 bridgehead atoms. The minimum atomic E-state index is -0.210. The molecule has 2 rings (SSSR count). The van der Waals surface area contributed by atoms with Crippen LogP contribution in [0.3, 0.4) is 0 Å². The molecule has 0 aliphatic rings. The van der Waals surface area contributed by atoms with Gasteiger partial charge in [-0.25, -0.2) is 9.37 Å². The Morgan fingerprint density at radius 1 is 1.33 bits per heavy atom. The fourth-order valence-corrected chi connectivity index (χ4v) is 2.23. The number of thiazole rings is 1. The van der Waals surface area contributed by atoms with Gasteiger partial charge in [-0.05, 0) is 24.7 Å². The van der Waals surface area contributed by atoms with Gasteiger partial charge in [-0.1, -0.05) is 12.1 Å². The molecule has 0 amide bonds. The van der Waals surface area contributed by atoms with Crippen LogP contribution in [0.2, 0.25) is 0 Å². The highest BCUT2D eigenvalue weighted by Gasteiger charge is 2.03. The van der Waals surface area contributed by atoms with Gasteiger partial charge in [-0.15, -0.1) is 11.3 Å². The van der Waals surface area contributed by atoms with Crippen molar-refractivity contribution in [3.05, 3.63) is 41.3 Å². The summed E-state index contributed by atoms with van der Waals surface area (Å²) in [5.41, 5.74) is 1.01. The average molecular weight is 222 g/mol. The van der Waals surface area contributed by atoms with Crippen LogP contribution in [-0.2, 0) is 6.54 Å². The quantitative estimate of drug-likeness (QED) is 0.863. The molecular weight excluding hydrogens is 211 g/mol. The van der Waals surface area contributed by atoms with Crippen molar-refractivity contribution in [2.24, 2.45) is 0 Å². The summed E-state index contributed by atoms with van der Waals surface area (Å²) >= 11 is 1.62. The van der Waals surface area contributed by atoms with E-state index in [1.807, 2.05) is 13.2 Å². The first-order chi connectivity index (χ1) is 7.29. The molecule has 0 unspecified atom stereocenters. The summed E-state index contributed by atoms with van der Waals surface area (Å²) in [6.45, 7) is 0.770. The van der Waals surface area contributed by atoms with E-state index in [4.69, 9.17) is 0 Å². The highest BCUT2D eigenvalue weighted by Crippen LogP contribution is 2.25. The molecule has 2 nitrogen and oxygen atoms in total. The van der Waals surface area contributed by atoms with Crippen molar-refractivity contribution in [1.29, 1.82) is 0 Å². The lowest BCUT2D eigenvalue weighted by molar-refractivity contribution is 0.628. The number of aromatic nitrogens is 1. The van der Waals surface area contributed by atoms with Crippen molar-refractivity contribution in [3.8, 4) is 10.4 Å². The Balaban J connectivity index is 2.25. The van der Waals surface area contributed by atoms with Crippen LogP contribution in [0, 0.1) is 5.82 Å². The Bertz CT molecular complexity index is 436. The molecule has 1 aromatic heterocycles. The monoisotopic (exact) mass is 222 g/mol. The summed E-state index contributed by atoms with van der Waals surface area (Å²) in [7, 11) is 1.89. The highest BCUT2D eigenvalue weighted by atomic mass is 32.1. The summed E-state index contributed by atoms with van der Waals surface area (Å²) in [6.07, 6.45) is 1.82. The lowest BCUT2D eigenvalue weighted by atomic mass is 10.2. The number of hydrogen-bond acceptors (Lipinski definition) is 3. The maximum absolute atomic E-state index is 12.7. The molecule has 0 radical (unpaired) electrons. The first-order valence-electron chi connectivity index (χ1n) is 4.65. The smallest absolute Gasteiger partial charge is 0.123 e. The van der Waals surface area contributed by atoms with E-state index in [-0.39, 0.29) is 5.82 Å². The molecule has 15 heavy (non-hydrogen) atoms. The SMILES string of the molecule is CNCc1ncc(-c2ccc(F)cc2)s1. The third-order valence-corrected chi connectivity index (χ3v) is 3.06. The molecule has 0 saturated carbocycles. The van der Waals surface area contributed by atoms with Gasteiger partial charge in [-0.2, -0.15) is 0 Å². The van der Waals surface area contributed by atoms with Crippen molar-refractivity contribution in [3.63, 3.8) is 0 Å². The number of halogens is 1. The highest BCUT2D eigenvalue weighted by molar-refractivity contribution is 7.15. The molecule has 1 aromatic carbocycles. The van der Waals surface area contributed by atoms with Crippen molar-refractivity contribution in [2.45, 2.75) is 6.54 Å². The van der Waals surface area contributed by atoms with Crippen LogP contribution in [-0.4, -0.2) is 12.0 Å². The fraction of sp³-hybridized carbons (Fsp3) is 0.182. The topological polar surface area (TPSA) is 24.9 Å². The normalized spacial score (nSPS) is 10.5. The summed E-state index contributed by atoms with van der Waals surface area (Å²) in [6, 6.07) is 6.47. The minimum Gasteiger partial charge on any atom is -0.314 e. The van der Waals surface area contributed by atoms with E-state index in [1.165, 1.54) is 12.1 Å². The van der Waals surface area contributed by atoms with Crippen molar-refractivity contribution >= 4 is 11.3 Å². The Morgan fingerprint density at radius 2 is 2.07 bits per heavy atom. The zero-order valence-electron chi connectivity index (χ0n) is 8.33. The molecule has 0 aliphatic heterocycles. The van der Waals surface area contributed by atoms with Crippen molar-refractivity contribution in [2.75, 3.05) is 7.05 Å². The first kappa shape index (κ1) is 10.3. The van der Waals surface area contributed by atoms with Crippen LogP contribution < -0.4 is 5.32 Å². The summed E-state index contributed by atoms with van der Waals surface area (Å²) < 4.78 is 12.7. The molecule has 0 spiro atoms. The van der Waals surface area contributed by atoms with Gasteiger partial charge >= 0.3 is 0 Å². The van der Waals surface area contributed by atoms with E-state index in [2.05, 4.69) is 10.3 Å². The van der Waals surface area contributed by atoms with E-state index in [9.17, 15) is 4.39 Å². The van der Waals surface area contributed by atoms with E-state index in [1.54, 1.807) is 23.5 Å². The van der Waals surface area contributed by atoms with Gasteiger partial charge in [0.2, 0.25) is 0 Å². The second-order valence-electron chi connectivity index (χ2n) is 3.16. The predicted molar refractivity (Wildman–Crippen MR) is 60.3 cm³/mol. The molecular formula is C11H11FN2S. The van der Waals surface area contributed by atoms with Gasteiger partial charge in [0.25, 0.3) is 0 Å². The van der Waals surface area contributed by atoms with E-state index in [0.29, 0.717) is 0 Å². The minimum absolute atomic E-state index is 0.210. The molecule has 1 heterocycles. The lowest BCUT2D eigenvalue weighted by Crippen LogP contribution is -2.03. The number of nitrogens with zero attached hydrogens (tertiary/aromatic N) is 1. The van der Waals surface area contributed by atoms with Gasteiger partial charge in [0, 0.05) is 12.7 Å². The Labute approximate surface area is 91.8 Å². The fourth-order valence-electron chi connectivity index (χ4n) is 1.29. The van der Waals surface area contributed by atoms with Crippen LogP contribution in [0.1, 0.15) is 5.01 Å². The zero-order chi connectivity index (χ0) is 10.7. The molecule has 2 aromatic rings. The summed E-state index contributed by atoms with van der Waals surface area (Å²) in [5.74, 6) is -0.210. The van der Waals surface area contributed by atoms with Crippen LogP contribution in [0.15, 0.2) is 30.5 Å². The molecule has 4 heteroatoms. The summed E-state index contributed by atoms with van der Waals surface area (Å²) in [5, 5.41) is 4.08. The van der Waals surface area contributed by atoms with Crippen LogP contribution in [0.5, 0.6) is 0 Å². The van der Waals surface area contributed by atoms with Crippen LogP contribution in [0.25, 0.3) is 10.4 Å². The van der Waals surface area contributed by atoms with Gasteiger partial charge in [0.05, 0.1) is 4.88 Å². The number of nitrogens with one attached hydrogen (secondary N) is 1. The second-order valence-corrected chi connectivity index (χ2v) is 4.27. The third kappa shape index (κ3) is 2.40. The van der Waals surface area contributed by atoms with Gasteiger partial charge in [-0.3, -0.25) is 0 Å². The maximum atomic E-state index is 12.7. The molecule has 78 valence electrons. The van der Waals surface area contributed by atoms with Crippen molar-refractivity contribution < 1.29 is 4.39 Å². The molecule has 0 aliphatic carbocycles. The third-order valence-electron chi connectivity index (χ3n) is 2.01. The largest absolute Gasteiger partial charge is 0.314 e. The first-order valence-corrected chi connectivity index (χ1v) is 5.46. The van der Waals surface area contributed by atoms with E-state index >= 15 is 0 Å². The second kappa shape index (κ2) is 4.51. The summed E-state index contributed by atoms with van der Waals surface area (Å²) in [4.78, 5) is 5.34. The van der Waals surface area contributed by atoms with Crippen LogP contribution >= 0.6 is 11.3 Å². The molecule has 0 atom stereocenters. The van der Waals surface area contributed by atoms with E-state index < -0.39 is 0 Å². The number of rotatable bonds is 3. The Morgan fingerprint density at radius 3 is 2.73 bits per heavy atom. The van der Waals surface area contributed by atoms with Crippen molar-refractivity contribution in [1.82, 2.24) is 10.3 Å². The Hall–Kier alpha value is -1.26. The number of benzene rings is 1. The standard InChI is InChI=1S/C11H11FN2S/c1-13-7-11-14-6-10(15-11)8-2-4-9(12)5-3-8/h2-6,13H,7H2,1H3. The predicted octanol–water partition coefficient (Wildman–Crippen LogP) is 2.67. The van der Waals surface area contributed by atoms with E-state index in [0.717, 1.165) is 22.0 Å². The van der Waals surface area contributed by atoms with Crippen LogP contribution in [0.4, 0.5) is 4.39 Å². The molecule has 0 fully saturated rings. The molecule has 1 N–H and O–H groups in total. The Kier molecular flexibility index (Phi) is 3.08. The molecule has 0 saturated heterocycles.